The van der Waals surface area contributed by atoms with E-state index in [2.05, 4.69) is 4.90 Å². The second kappa shape index (κ2) is 5.88. The second-order valence-corrected chi connectivity index (χ2v) is 6.45. The first-order valence-corrected chi connectivity index (χ1v) is 7.87. The summed E-state index contributed by atoms with van der Waals surface area (Å²) < 4.78 is 19.2. The number of piperidine rings is 1. The number of rotatable bonds is 2. The van der Waals surface area contributed by atoms with E-state index in [1.807, 2.05) is 11.9 Å². The first-order valence-electron chi connectivity index (χ1n) is 7.87. The topological polar surface area (TPSA) is 32.8 Å². The van der Waals surface area contributed by atoms with E-state index in [0.717, 1.165) is 38.0 Å². The molecule has 5 heteroatoms. The highest BCUT2D eigenvalue weighted by Crippen LogP contribution is 2.38. The Morgan fingerprint density at radius 1 is 1.32 bits per heavy atom. The molecule has 4 nitrogen and oxygen atoms in total. The number of hydrogen-bond acceptors (Lipinski definition) is 3. The minimum Gasteiger partial charge on any atom is -0.373 e. The highest BCUT2D eigenvalue weighted by molar-refractivity contribution is 5.73. The highest BCUT2D eigenvalue weighted by atomic mass is 19.1. The van der Waals surface area contributed by atoms with Crippen molar-refractivity contribution in [3.05, 3.63) is 30.1 Å². The maximum atomic E-state index is 13.0. The molecule has 1 aromatic rings. The fourth-order valence-electron chi connectivity index (χ4n) is 3.53. The molecule has 0 aromatic heterocycles. The van der Waals surface area contributed by atoms with Crippen molar-refractivity contribution in [3.8, 4) is 0 Å². The van der Waals surface area contributed by atoms with E-state index in [9.17, 15) is 9.18 Å². The van der Waals surface area contributed by atoms with Crippen molar-refractivity contribution in [2.24, 2.45) is 0 Å². The number of amides is 1. The number of nitrogens with zero attached hydrogens (tertiary/aromatic N) is 2. The van der Waals surface area contributed by atoms with Crippen molar-refractivity contribution in [3.63, 3.8) is 0 Å². The van der Waals surface area contributed by atoms with Gasteiger partial charge in [-0.3, -0.25) is 4.79 Å². The lowest BCUT2D eigenvalue weighted by molar-refractivity contribution is -0.133. The van der Waals surface area contributed by atoms with E-state index >= 15 is 0 Å². The van der Waals surface area contributed by atoms with E-state index in [1.54, 1.807) is 19.1 Å². The summed E-state index contributed by atoms with van der Waals surface area (Å²) in [5.74, 6) is -0.0688. The summed E-state index contributed by atoms with van der Waals surface area (Å²) in [6.45, 7) is 3.87. The Bertz CT molecular complexity index is 538. The predicted molar refractivity (Wildman–Crippen MR) is 83.4 cm³/mol. The van der Waals surface area contributed by atoms with Crippen LogP contribution in [0, 0.1) is 5.82 Å². The van der Waals surface area contributed by atoms with Gasteiger partial charge >= 0.3 is 0 Å². The quantitative estimate of drug-likeness (QED) is 0.841. The Balaban J connectivity index is 1.62. The molecule has 1 atom stereocenters. The largest absolute Gasteiger partial charge is 0.373 e. The van der Waals surface area contributed by atoms with Crippen LogP contribution >= 0.6 is 0 Å². The molecule has 0 bridgehead atoms. The van der Waals surface area contributed by atoms with Gasteiger partial charge in [-0.05, 0) is 43.5 Å². The van der Waals surface area contributed by atoms with Crippen molar-refractivity contribution in [1.82, 2.24) is 4.90 Å². The van der Waals surface area contributed by atoms with Gasteiger partial charge in [-0.2, -0.15) is 0 Å². The Labute approximate surface area is 130 Å². The van der Waals surface area contributed by atoms with Crippen LogP contribution in [0.4, 0.5) is 10.1 Å². The molecule has 2 fully saturated rings. The molecule has 0 saturated carbocycles. The third kappa shape index (κ3) is 2.95. The predicted octanol–water partition coefficient (Wildman–Crippen LogP) is 2.43. The van der Waals surface area contributed by atoms with Gasteiger partial charge in [0.2, 0.25) is 5.91 Å². The van der Waals surface area contributed by atoms with Crippen LogP contribution in [0.2, 0.25) is 0 Å². The molecule has 2 aliphatic heterocycles. The van der Waals surface area contributed by atoms with Crippen molar-refractivity contribution in [1.29, 1.82) is 0 Å². The van der Waals surface area contributed by atoms with Crippen LogP contribution < -0.4 is 4.90 Å². The van der Waals surface area contributed by atoms with Gasteiger partial charge in [0.25, 0.3) is 0 Å². The zero-order valence-electron chi connectivity index (χ0n) is 13.2. The molecule has 0 radical (unpaired) electrons. The highest BCUT2D eigenvalue weighted by Gasteiger charge is 2.44. The van der Waals surface area contributed by atoms with E-state index < -0.39 is 0 Å². The van der Waals surface area contributed by atoms with Gasteiger partial charge in [0.15, 0.2) is 0 Å². The van der Waals surface area contributed by atoms with Gasteiger partial charge in [0.05, 0.1) is 18.2 Å². The molecule has 1 amide bonds. The van der Waals surface area contributed by atoms with Crippen LogP contribution in [0.1, 0.15) is 26.2 Å². The number of likely N-dealkylation sites (N-methyl/N-ethyl adjacent to an activating group) is 1. The number of carbonyl (C=O) groups excluding carboxylic acids is 1. The molecule has 2 aliphatic rings. The van der Waals surface area contributed by atoms with Crippen molar-refractivity contribution >= 4 is 11.6 Å². The summed E-state index contributed by atoms with van der Waals surface area (Å²) in [6.07, 6.45) is 2.77. The third-order valence-corrected chi connectivity index (χ3v) is 5.09. The van der Waals surface area contributed by atoms with Crippen molar-refractivity contribution in [2.75, 3.05) is 31.6 Å². The van der Waals surface area contributed by atoms with E-state index in [1.165, 1.54) is 12.1 Å². The molecule has 0 aliphatic carbocycles. The Morgan fingerprint density at radius 2 is 1.95 bits per heavy atom. The fraction of sp³-hybridized carbons (Fsp3) is 0.588. The molecule has 3 rings (SSSR count). The van der Waals surface area contributed by atoms with Gasteiger partial charge in [-0.25, -0.2) is 4.39 Å². The third-order valence-electron chi connectivity index (χ3n) is 5.09. The fourth-order valence-corrected chi connectivity index (χ4v) is 3.53. The monoisotopic (exact) mass is 306 g/mol. The standard InChI is InChI=1S/C17H23FN2O2/c1-13(21)20-9-7-17(8-10-20)11-16(12-22-17)19(2)15-5-3-14(18)4-6-15/h3-6,16H,7-12H2,1-2H3/t16-/m0/s1. The molecule has 120 valence electrons. The number of anilines is 1. The molecule has 0 N–H and O–H groups in total. The molecule has 2 heterocycles. The van der Waals surface area contributed by atoms with Gasteiger partial charge in [-0.15, -0.1) is 0 Å². The van der Waals surface area contributed by atoms with Gasteiger partial charge < -0.3 is 14.5 Å². The van der Waals surface area contributed by atoms with Crippen molar-refractivity contribution in [2.45, 2.75) is 37.8 Å². The smallest absolute Gasteiger partial charge is 0.219 e. The van der Waals surface area contributed by atoms with E-state index in [4.69, 9.17) is 4.74 Å². The van der Waals surface area contributed by atoms with Crippen LogP contribution in [-0.4, -0.2) is 49.2 Å². The number of ether oxygens (including phenoxy) is 1. The molecular formula is C17H23FN2O2. The lowest BCUT2D eigenvalue weighted by Crippen LogP contribution is -2.46. The normalized spacial score (nSPS) is 23.8. The zero-order chi connectivity index (χ0) is 15.7. The maximum Gasteiger partial charge on any atom is 0.219 e. The van der Waals surface area contributed by atoms with E-state index in [0.29, 0.717) is 12.6 Å². The average molecular weight is 306 g/mol. The SMILES string of the molecule is CC(=O)N1CCC2(CC1)C[C@H](N(C)c1ccc(F)cc1)CO2. The minimum atomic E-state index is -0.215. The van der Waals surface area contributed by atoms with Crippen molar-refractivity contribution < 1.29 is 13.9 Å². The molecule has 1 spiro atoms. The Morgan fingerprint density at radius 3 is 2.55 bits per heavy atom. The first kappa shape index (κ1) is 15.3. The lowest BCUT2D eigenvalue weighted by Gasteiger charge is -2.38. The lowest BCUT2D eigenvalue weighted by atomic mass is 9.87. The van der Waals surface area contributed by atoms with Gasteiger partial charge in [0.1, 0.15) is 5.82 Å². The number of halogens is 1. The molecule has 22 heavy (non-hydrogen) atoms. The molecule has 1 aromatic carbocycles. The average Bonchev–Trinajstić information content (AvgIpc) is 2.91. The van der Waals surface area contributed by atoms with Gasteiger partial charge in [0, 0.05) is 32.7 Å². The van der Waals surface area contributed by atoms with Crippen LogP contribution in [0.25, 0.3) is 0 Å². The zero-order valence-corrected chi connectivity index (χ0v) is 13.2. The summed E-state index contributed by atoms with van der Waals surface area (Å²) in [5, 5.41) is 0. The minimum absolute atomic E-state index is 0.0924. The molecular weight excluding hydrogens is 283 g/mol. The van der Waals surface area contributed by atoms with Crippen LogP contribution in [0.15, 0.2) is 24.3 Å². The summed E-state index contributed by atoms with van der Waals surface area (Å²) in [5.41, 5.74) is 0.915. The summed E-state index contributed by atoms with van der Waals surface area (Å²) in [7, 11) is 2.03. The van der Waals surface area contributed by atoms with Crippen LogP contribution in [-0.2, 0) is 9.53 Å². The first-order chi connectivity index (χ1) is 10.5. The summed E-state index contributed by atoms with van der Waals surface area (Å²) in [4.78, 5) is 15.5. The van der Waals surface area contributed by atoms with Crippen LogP contribution in [0.5, 0.6) is 0 Å². The van der Waals surface area contributed by atoms with Gasteiger partial charge in [-0.1, -0.05) is 0 Å². The number of hydrogen-bond donors (Lipinski definition) is 0. The summed E-state index contributed by atoms with van der Waals surface area (Å²) in [6, 6.07) is 6.89. The second-order valence-electron chi connectivity index (χ2n) is 6.45. The Kier molecular flexibility index (Phi) is 4.08. The van der Waals surface area contributed by atoms with E-state index in [-0.39, 0.29) is 17.3 Å². The molecule has 0 unspecified atom stereocenters. The number of likely N-dealkylation sites (tertiary alicyclic amines) is 1. The maximum absolute atomic E-state index is 13.0. The number of carbonyl (C=O) groups is 1. The number of benzene rings is 1. The van der Waals surface area contributed by atoms with Crippen LogP contribution in [0.3, 0.4) is 0 Å². The Hall–Kier alpha value is -1.62. The molecule has 2 saturated heterocycles. The summed E-state index contributed by atoms with van der Waals surface area (Å²) >= 11 is 0.